The number of aromatic nitrogens is 3. The Morgan fingerprint density at radius 1 is 1.17 bits per heavy atom. The second kappa shape index (κ2) is 7.90. The number of hydrogen-bond acceptors (Lipinski definition) is 6. The Morgan fingerprint density at radius 3 is 2.64 bits per heavy atom. The van der Waals surface area contributed by atoms with E-state index < -0.39 is 35.2 Å². The van der Waals surface area contributed by atoms with Crippen LogP contribution in [0.2, 0.25) is 0 Å². The van der Waals surface area contributed by atoms with Crippen LogP contribution in [0, 0.1) is 5.41 Å². The van der Waals surface area contributed by atoms with Crippen molar-refractivity contribution in [1.29, 1.82) is 0 Å². The van der Waals surface area contributed by atoms with E-state index in [0.717, 1.165) is 0 Å². The van der Waals surface area contributed by atoms with Crippen LogP contribution >= 0.6 is 0 Å². The monoisotopic (exact) mass is 498 g/mol. The molecule has 2 aromatic rings. The van der Waals surface area contributed by atoms with E-state index in [2.05, 4.69) is 20.9 Å². The van der Waals surface area contributed by atoms with Gasteiger partial charge >= 0.3 is 0 Å². The molecule has 2 N–H and O–H groups in total. The first-order valence-corrected chi connectivity index (χ1v) is 12.0. The van der Waals surface area contributed by atoms with E-state index >= 15 is 0 Å². The molecule has 12 heteroatoms. The molecule has 36 heavy (non-hydrogen) atoms. The maximum atomic E-state index is 13.5. The number of rotatable bonds is 5. The molecule has 10 nitrogen and oxygen atoms in total. The number of fused-ring (bicyclic) bond motifs is 3. The summed E-state index contributed by atoms with van der Waals surface area (Å²) in [6.45, 7) is 0.213. The predicted molar refractivity (Wildman–Crippen MR) is 119 cm³/mol. The zero-order chi connectivity index (χ0) is 25.2. The second-order valence-corrected chi connectivity index (χ2v) is 10.4. The first kappa shape index (κ1) is 22.7. The third-order valence-electron chi connectivity index (χ3n) is 8.23. The van der Waals surface area contributed by atoms with Crippen molar-refractivity contribution in [2.24, 2.45) is 5.41 Å². The van der Waals surface area contributed by atoms with Gasteiger partial charge in [0.25, 0.3) is 11.8 Å². The van der Waals surface area contributed by atoms with Crippen molar-refractivity contribution in [2.75, 3.05) is 0 Å². The highest BCUT2D eigenvalue weighted by molar-refractivity contribution is 6.05. The van der Waals surface area contributed by atoms with Gasteiger partial charge in [-0.05, 0) is 62.3 Å². The molecule has 1 atom stereocenters. The van der Waals surface area contributed by atoms with Gasteiger partial charge in [-0.3, -0.25) is 24.5 Å². The molecule has 1 aromatic heterocycles. The van der Waals surface area contributed by atoms with Crippen molar-refractivity contribution in [3.63, 3.8) is 0 Å². The zero-order valence-corrected chi connectivity index (χ0v) is 19.3. The van der Waals surface area contributed by atoms with Crippen LogP contribution in [0.5, 0.6) is 0 Å². The Labute approximate surface area is 204 Å². The maximum absolute atomic E-state index is 13.5. The lowest BCUT2D eigenvalue weighted by Crippen LogP contribution is -2.52. The third kappa shape index (κ3) is 3.49. The summed E-state index contributed by atoms with van der Waals surface area (Å²) in [5, 5.41) is 13.2. The van der Waals surface area contributed by atoms with Crippen molar-refractivity contribution in [1.82, 2.24) is 30.5 Å². The number of nitrogens with zero attached hydrogens (tertiary/aromatic N) is 4. The van der Waals surface area contributed by atoms with E-state index in [4.69, 9.17) is 0 Å². The molecule has 0 radical (unpaired) electrons. The van der Waals surface area contributed by atoms with Gasteiger partial charge in [0.15, 0.2) is 5.69 Å². The van der Waals surface area contributed by atoms with Gasteiger partial charge in [-0.2, -0.15) is 0 Å². The second-order valence-electron chi connectivity index (χ2n) is 10.4. The van der Waals surface area contributed by atoms with E-state index in [1.54, 1.807) is 18.2 Å². The molecule has 3 heterocycles. The van der Waals surface area contributed by atoms with Crippen molar-refractivity contribution in [3.05, 3.63) is 41.2 Å². The van der Waals surface area contributed by atoms with Crippen molar-refractivity contribution >= 4 is 23.6 Å². The minimum atomic E-state index is -2.39. The van der Waals surface area contributed by atoms with E-state index in [1.807, 2.05) is 0 Å². The molecular weight excluding hydrogens is 474 g/mol. The minimum absolute atomic E-state index is 0.0765. The van der Waals surface area contributed by atoms with Gasteiger partial charge in [0, 0.05) is 29.5 Å². The lowest BCUT2D eigenvalue weighted by Gasteiger charge is -2.29. The lowest BCUT2D eigenvalue weighted by molar-refractivity contribution is -0.136. The molecule has 2 saturated carbocycles. The average Bonchev–Trinajstić information content (AvgIpc) is 3.61. The summed E-state index contributed by atoms with van der Waals surface area (Å²) < 4.78 is 28.5. The fourth-order valence-electron chi connectivity index (χ4n) is 6.22. The summed E-state index contributed by atoms with van der Waals surface area (Å²) >= 11 is 0. The largest absolute Gasteiger partial charge is 0.345 e. The van der Waals surface area contributed by atoms with E-state index in [9.17, 15) is 28.0 Å². The van der Waals surface area contributed by atoms with Crippen LogP contribution in [0.1, 0.15) is 71.4 Å². The van der Waals surface area contributed by atoms with Gasteiger partial charge in [-0.25, -0.2) is 13.5 Å². The summed E-state index contributed by atoms with van der Waals surface area (Å²) in [7, 11) is 0. The van der Waals surface area contributed by atoms with Gasteiger partial charge in [0.2, 0.25) is 18.2 Å². The summed E-state index contributed by atoms with van der Waals surface area (Å²) in [4.78, 5) is 50.9. The summed E-state index contributed by atoms with van der Waals surface area (Å²) in [5.41, 5.74) is 0.204. The molecule has 1 unspecified atom stereocenters. The Kier molecular flexibility index (Phi) is 4.99. The SMILES string of the molecule is O=C1CCC(N2Cc3cc(-n4cc(C(=O)NC56CCC(C(F)F)(CC5)C6)nn4)ccc3C2=O)C(=O)N1. The highest BCUT2D eigenvalue weighted by Crippen LogP contribution is 2.59. The fourth-order valence-corrected chi connectivity index (χ4v) is 6.22. The highest BCUT2D eigenvalue weighted by Gasteiger charge is 2.59. The number of benzene rings is 1. The van der Waals surface area contributed by atoms with Gasteiger partial charge in [-0.1, -0.05) is 5.21 Å². The number of alkyl halides is 2. The van der Waals surface area contributed by atoms with Gasteiger partial charge in [0.1, 0.15) is 6.04 Å². The maximum Gasteiger partial charge on any atom is 0.273 e. The Bertz CT molecular complexity index is 1300. The van der Waals surface area contributed by atoms with Gasteiger partial charge < -0.3 is 10.2 Å². The number of hydrogen-bond donors (Lipinski definition) is 2. The van der Waals surface area contributed by atoms with Crippen LogP contribution in [0.3, 0.4) is 0 Å². The molecule has 2 aliphatic heterocycles. The molecular formula is C24H24F2N6O4. The van der Waals surface area contributed by atoms with Crippen molar-refractivity contribution in [2.45, 2.75) is 69.5 Å². The fraction of sp³-hybridized carbons (Fsp3) is 0.500. The number of halogens is 2. The summed E-state index contributed by atoms with van der Waals surface area (Å²) in [5.74, 6) is -1.55. The minimum Gasteiger partial charge on any atom is -0.345 e. The normalized spacial score (nSPS) is 29.1. The third-order valence-corrected chi connectivity index (χ3v) is 8.23. The standard InChI is InChI=1S/C24H24F2N6O4/c25-22(26)23-5-7-24(12-23,8-6-23)28-19(34)16-11-32(30-29-16)14-1-2-15-13(9-14)10-31(21(15)36)17-3-4-18(33)27-20(17)35/h1-2,9,11,17,22H,3-8,10,12H2,(H,28,34)(H,27,33,35). The molecule has 188 valence electrons. The number of carbonyl (C=O) groups excluding carboxylic acids is 4. The molecule has 4 amide bonds. The number of carbonyl (C=O) groups is 4. The van der Waals surface area contributed by atoms with E-state index in [1.165, 1.54) is 15.8 Å². The summed E-state index contributed by atoms with van der Waals surface area (Å²) in [6, 6.07) is 4.35. The Morgan fingerprint density at radius 2 is 1.94 bits per heavy atom. The molecule has 6 rings (SSSR count). The summed E-state index contributed by atoms with van der Waals surface area (Å²) in [6.07, 6.45) is 1.67. The molecule has 4 aliphatic rings. The van der Waals surface area contributed by atoms with Gasteiger partial charge in [-0.15, -0.1) is 5.10 Å². The van der Waals surface area contributed by atoms with Crippen molar-refractivity contribution < 1.29 is 28.0 Å². The molecule has 2 bridgehead atoms. The molecule has 1 aromatic carbocycles. The van der Waals surface area contributed by atoms with Crippen molar-refractivity contribution in [3.8, 4) is 5.69 Å². The van der Waals surface area contributed by atoms with Crippen LogP contribution in [-0.4, -0.2) is 61.5 Å². The number of imide groups is 1. The topological polar surface area (TPSA) is 126 Å². The average molecular weight is 498 g/mol. The quantitative estimate of drug-likeness (QED) is 0.605. The number of amides is 4. The number of piperidine rings is 1. The molecule has 0 spiro atoms. The van der Waals surface area contributed by atoms with Crippen LogP contribution in [0.25, 0.3) is 5.69 Å². The van der Waals surface area contributed by atoms with Gasteiger partial charge in [0.05, 0.1) is 11.9 Å². The van der Waals surface area contributed by atoms with Crippen LogP contribution in [0.15, 0.2) is 24.4 Å². The van der Waals surface area contributed by atoms with Crippen LogP contribution < -0.4 is 10.6 Å². The smallest absolute Gasteiger partial charge is 0.273 e. The zero-order valence-electron chi connectivity index (χ0n) is 19.3. The molecule has 3 fully saturated rings. The lowest BCUT2D eigenvalue weighted by atomic mass is 9.84. The number of nitrogens with one attached hydrogen (secondary N) is 2. The van der Waals surface area contributed by atoms with E-state index in [0.29, 0.717) is 42.5 Å². The molecule has 1 saturated heterocycles. The van der Waals surface area contributed by atoms with Crippen LogP contribution in [0.4, 0.5) is 8.78 Å². The highest BCUT2D eigenvalue weighted by atomic mass is 19.3. The first-order valence-electron chi connectivity index (χ1n) is 12.0. The first-order chi connectivity index (χ1) is 17.2. The molecule has 2 aliphatic carbocycles. The Balaban J connectivity index is 1.17. The Hall–Kier alpha value is -3.70. The predicted octanol–water partition coefficient (Wildman–Crippen LogP) is 1.73. The van der Waals surface area contributed by atoms with E-state index in [-0.39, 0.29) is 43.3 Å². The van der Waals surface area contributed by atoms with Crippen LogP contribution in [-0.2, 0) is 16.1 Å².